The van der Waals surface area contributed by atoms with Crippen molar-refractivity contribution in [2.75, 3.05) is 6.61 Å². The molecular weight excluding hydrogens is 482 g/mol. The second-order valence-electron chi connectivity index (χ2n) is 9.78. The quantitative estimate of drug-likeness (QED) is 0.245. The van der Waals surface area contributed by atoms with E-state index >= 15 is 0 Å². The Labute approximate surface area is 220 Å². The summed E-state index contributed by atoms with van der Waals surface area (Å²) in [6.07, 6.45) is 5.55. The molecule has 4 aromatic rings. The van der Waals surface area contributed by atoms with Crippen molar-refractivity contribution < 1.29 is 19.4 Å². The molecule has 0 aliphatic carbocycles. The van der Waals surface area contributed by atoms with Gasteiger partial charge in [0.05, 0.1) is 12.7 Å². The molecule has 1 atom stereocenters. The van der Waals surface area contributed by atoms with Crippen molar-refractivity contribution in [1.82, 2.24) is 25.0 Å². The summed E-state index contributed by atoms with van der Waals surface area (Å²) in [7, 11) is 0. The predicted molar refractivity (Wildman–Crippen MR) is 143 cm³/mol. The van der Waals surface area contributed by atoms with Gasteiger partial charge in [-0.3, -0.25) is 14.8 Å². The highest BCUT2D eigenvalue weighted by Crippen LogP contribution is 2.35. The molecule has 3 N–H and O–H groups in total. The highest BCUT2D eigenvalue weighted by atomic mass is 16.5. The van der Waals surface area contributed by atoms with Crippen LogP contribution in [-0.2, 0) is 23.4 Å². The fourth-order valence-corrected chi connectivity index (χ4v) is 4.71. The van der Waals surface area contributed by atoms with E-state index in [2.05, 4.69) is 41.4 Å². The Bertz CT molecular complexity index is 1570. The predicted octanol–water partition coefficient (Wildman–Crippen LogP) is 4.00. The van der Waals surface area contributed by atoms with Crippen molar-refractivity contribution in [2.24, 2.45) is 5.92 Å². The first-order chi connectivity index (χ1) is 18.3. The Morgan fingerprint density at radius 2 is 1.89 bits per heavy atom. The summed E-state index contributed by atoms with van der Waals surface area (Å²) in [5.41, 5.74) is 1.10. The van der Waals surface area contributed by atoms with E-state index < -0.39 is 17.5 Å². The zero-order valence-corrected chi connectivity index (χ0v) is 21.5. The van der Waals surface area contributed by atoms with E-state index in [0.717, 1.165) is 23.1 Å². The Hall–Kier alpha value is -4.71. The number of imide groups is 1. The topological polar surface area (TPSA) is 110 Å². The summed E-state index contributed by atoms with van der Waals surface area (Å²) in [5.74, 6) is 6.14. The molecule has 3 amide bonds. The van der Waals surface area contributed by atoms with Gasteiger partial charge in [0.25, 0.3) is 5.91 Å². The Morgan fingerprint density at radius 1 is 1.11 bits per heavy atom. The molecule has 0 spiro atoms. The highest BCUT2D eigenvalue weighted by molar-refractivity contribution is 6.07. The number of hydrogen-bond acceptors (Lipinski definition) is 5. The molecule has 9 heteroatoms. The minimum Gasteiger partial charge on any atom is -0.494 e. The number of hydrogen-bond donors (Lipinski definition) is 3. The van der Waals surface area contributed by atoms with Crippen LogP contribution in [0.1, 0.15) is 26.3 Å². The van der Waals surface area contributed by atoms with E-state index in [1.807, 2.05) is 47.4 Å². The second-order valence-corrected chi connectivity index (χ2v) is 9.78. The highest BCUT2D eigenvalue weighted by Gasteiger charge is 2.48. The van der Waals surface area contributed by atoms with Gasteiger partial charge in [-0.15, -0.1) is 5.92 Å². The summed E-state index contributed by atoms with van der Waals surface area (Å²) in [6, 6.07) is 12.2. The first kappa shape index (κ1) is 25.0. The molecule has 38 heavy (non-hydrogen) atoms. The zero-order chi connectivity index (χ0) is 26.9. The van der Waals surface area contributed by atoms with E-state index in [0.29, 0.717) is 22.6 Å². The maximum atomic E-state index is 13.2. The van der Waals surface area contributed by atoms with Crippen LogP contribution >= 0.6 is 0 Å². The molecule has 0 bridgehead atoms. The van der Waals surface area contributed by atoms with Gasteiger partial charge < -0.3 is 19.7 Å². The minimum atomic E-state index is -1.40. The Morgan fingerprint density at radius 3 is 2.58 bits per heavy atom. The molecule has 0 radical (unpaired) electrons. The van der Waals surface area contributed by atoms with E-state index in [1.54, 1.807) is 29.8 Å². The van der Waals surface area contributed by atoms with E-state index in [9.17, 15) is 14.7 Å². The molecule has 5 rings (SSSR count). The summed E-state index contributed by atoms with van der Waals surface area (Å²) in [5, 5.41) is 22.0. The normalized spacial score (nSPS) is 16.8. The van der Waals surface area contributed by atoms with Crippen molar-refractivity contribution in [3.8, 4) is 34.6 Å². The van der Waals surface area contributed by atoms with Gasteiger partial charge in [-0.05, 0) is 42.2 Å². The number of aromatic hydroxyl groups is 1. The van der Waals surface area contributed by atoms with Crippen LogP contribution < -0.4 is 15.4 Å². The number of rotatable bonds is 8. The lowest BCUT2D eigenvalue weighted by Gasteiger charge is -2.27. The lowest BCUT2D eigenvalue weighted by molar-refractivity contribution is -0.124. The molecule has 3 heterocycles. The second kappa shape index (κ2) is 9.98. The number of fused-ring (bicyclic) bond motifs is 1. The number of amides is 3. The Balaban J connectivity index is 1.46. The van der Waals surface area contributed by atoms with Gasteiger partial charge in [0.15, 0.2) is 11.4 Å². The average Bonchev–Trinajstić information content (AvgIpc) is 3.56. The third-order valence-electron chi connectivity index (χ3n) is 6.57. The molecule has 194 valence electrons. The SMILES string of the molecule is CC#CCOc1ccc2cn(C[C@@]3(c4ccc(-c5cnn(CC(C)C)c5)cc4)NC(=O)NC3=O)c(O)c2c1. The van der Waals surface area contributed by atoms with Gasteiger partial charge in [-0.25, -0.2) is 4.79 Å². The molecule has 1 saturated heterocycles. The largest absolute Gasteiger partial charge is 0.494 e. The molecule has 1 fully saturated rings. The van der Waals surface area contributed by atoms with Gasteiger partial charge >= 0.3 is 6.03 Å². The van der Waals surface area contributed by atoms with E-state index in [4.69, 9.17) is 4.74 Å². The number of urea groups is 1. The third-order valence-corrected chi connectivity index (χ3v) is 6.57. The van der Waals surface area contributed by atoms with Crippen LogP contribution in [0.5, 0.6) is 11.6 Å². The molecule has 9 nitrogen and oxygen atoms in total. The van der Waals surface area contributed by atoms with Gasteiger partial charge in [0, 0.05) is 35.3 Å². The number of aromatic nitrogens is 3. The first-order valence-corrected chi connectivity index (χ1v) is 12.4. The average molecular weight is 512 g/mol. The lowest BCUT2D eigenvalue weighted by atomic mass is 9.88. The van der Waals surface area contributed by atoms with Crippen molar-refractivity contribution in [1.29, 1.82) is 0 Å². The van der Waals surface area contributed by atoms with Gasteiger partial charge in [0.1, 0.15) is 12.4 Å². The minimum absolute atomic E-state index is 0.00570. The summed E-state index contributed by atoms with van der Waals surface area (Å²) < 4.78 is 9.09. The monoisotopic (exact) mass is 511 g/mol. The van der Waals surface area contributed by atoms with Crippen LogP contribution in [-0.4, -0.2) is 38.0 Å². The fourth-order valence-electron chi connectivity index (χ4n) is 4.71. The van der Waals surface area contributed by atoms with Crippen molar-refractivity contribution >= 4 is 22.7 Å². The molecular formula is C29H29N5O4. The van der Waals surface area contributed by atoms with Crippen molar-refractivity contribution in [2.45, 2.75) is 39.4 Å². The van der Waals surface area contributed by atoms with Gasteiger partial charge in [-0.2, -0.15) is 5.10 Å². The Kier molecular flexibility index (Phi) is 6.55. The number of carbonyl (C=O) groups excluding carboxylic acids is 2. The standard InChI is InChI=1S/C29H29N5O4/c1-4-5-12-38-24-11-8-21-16-33(26(35)25(21)13-24)18-29(27(36)31-28(37)32-29)23-9-6-20(7-10-23)22-14-30-34(17-22)15-19(2)3/h6-11,13-14,16-17,19,35H,12,15,18H2,1-3H3,(H2,31,32,36,37)/t29-/m0/s1. The van der Waals surface area contributed by atoms with Crippen molar-refractivity contribution in [3.63, 3.8) is 0 Å². The zero-order valence-electron chi connectivity index (χ0n) is 21.5. The van der Waals surface area contributed by atoms with Gasteiger partial charge in [-0.1, -0.05) is 44.0 Å². The maximum Gasteiger partial charge on any atom is 0.322 e. The van der Waals surface area contributed by atoms with Crippen LogP contribution in [0, 0.1) is 17.8 Å². The molecule has 0 saturated carbocycles. The van der Waals surface area contributed by atoms with E-state index in [-0.39, 0.29) is 19.0 Å². The number of benzene rings is 2. The molecule has 2 aromatic heterocycles. The number of nitrogens with one attached hydrogen (secondary N) is 2. The smallest absolute Gasteiger partial charge is 0.322 e. The van der Waals surface area contributed by atoms with Crippen LogP contribution in [0.25, 0.3) is 21.9 Å². The summed E-state index contributed by atoms with van der Waals surface area (Å²) in [6.45, 7) is 7.07. The molecule has 1 aliphatic rings. The molecule has 2 aromatic carbocycles. The number of nitrogens with zero attached hydrogens (tertiary/aromatic N) is 3. The third kappa shape index (κ3) is 4.68. The van der Waals surface area contributed by atoms with E-state index in [1.165, 1.54) is 0 Å². The van der Waals surface area contributed by atoms with Crippen LogP contribution in [0.3, 0.4) is 0 Å². The molecule has 1 aliphatic heterocycles. The van der Waals surface area contributed by atoms with Crippen LogP contribution in [0.2, 0.25) is 0 Å². The van der Waals surface area contributed by atoms with Crippen molar-refractivity contribution in [3.05, 3.63) is 66.6 Å². The number of ether oxygens (including phenoxy) is 1. The molecule has 0 unspecified atom stereocenters. The van der Waals surface area contributed by atoms with Crippen LogP contribution in [0.4, 0.5) is 4.79 Å². The first-order valence-electron chi connectivity index (χ1n) is 12.4. The summed E-state index contributed by atoms with van der Waals surface area (Å²) >= 11 is 0. The fraction of sp³-hybridized carbons (Fsp3) is 0.276. The maximum absolute atomic E-state index is 13.2. The van der Waals surface area contributed by atoms with Gasteiger partial charge in [0.2, 0.25) is 0 Å². The summed E-state index contributed by atoms with van der Waals surface area (Å²) in [4.78, 5) is 25.4. The number of carbonyl (C=O) groups is 2. The van der Waals surface area contributed by atoms with Crippen LogP contribution in [0.15, 0.2) is 61.1 Å². The lowest BCUT2D eigenvalue weighted by Crippen LogP contribution is -2.47.